The van der Waals surface area contributed by atoms with Crippen LogP contribution < -0.4 is 5.73 Å². The summed E-state index contributed by atoms with van der Waals surface area (Å²) >= 11 is 0. The van der Waals surface area contributed by atoms with Gasteiger partial charge in [-0.25, -0.2) is 0 Å². The largest absolute Gasteiger partial charge is 0.341 e. The van der Waals surface area contributed by atoms with Crippen LogP contribution in [0.2, 0.25) is 0 Å². The molecule has 3 nitrogen and oxygen atoms in total. The maximum Gasteiger partial charge on any atom is 0.226 e. The molecule has 1 rings (SSSR count). The zero-order valence-electron chi connectivity index (χ0n) is 11.6. The molecule has 1 aromatic rings. The first-order valence-electron chi connectivity index (χ1n) is 6.61. The van der Waals surface area contributed by atoms with Crippen molar-refractivity contribution in [3.05, 3.63) is 35.4 Å². The number of benzene rings is 1. The molecule has 1 unspecified atom stereocenters. The molecule has 0 radical (unpaired) electrons. The monoisotopic (exact) mass is 248 g/mol. The molecule has 0 fully saturated rings. The maximum atomic E-state index is 11.9. The average Bonchev–Trinajstić information content (AvgIpc) is 2.39. The van der Waals surface area contributed by atoms with Gasteiger partial charge in [-0.1, -0.05) is 44.5 Å². The standard InChI is InChI=1S/C15H24N2O/c1-4-5-13-6-8-14(9-7-13)11-17(3)15(18)12(2)10-16/h6-9,12H,4-5,10-11,16H2,1-3H3. The van der Waals surface area contributed by atoms with E-state index in [-0.39, 0.29) is 11.8 Å². The fourth-order valence-corrected chi connectivity index (χ4v) is 1.93. The third-order valence-electron chi connectivity index (χ3n) is 3.13. The number of nitrogens with two attached hydrogens (primary N) is 1. The van der Waals surface area contributed by atoms with Gasteiger partial charge >= 0.3 is 0 Å². The van der Waals surface area contributed by atoms with Crippen LogP contribution in [0.5, 0.6) is 0 Å². The van der Waals surface area contributed by atoms with E-state index < -0.39 is 0 Å². The molecule has 1 aromatic carbocycles. The van der Waals surface area contributed by atoms with Crippen LogP contribution in [0.3, 0.4) is 0 Å². The number of hydrogen-bond acceptors (Lipinski definition) is 2. The highest BCUT2D eigenvalue weighted by molar-refractivity contribution is 5.78. The number of carbonyl (C=O) groups excluding carboxylic acids is 1. The number of nitrogens with zero attached hydrogens (tertiary/aromatic N) is 1. The van der Waals surface area contributed by atoms with Crippen LogP contribution in [0, 0.1) is 5.92 Å². The van der Waals surface area contributed by atoms with Crippen LogP contribution in [0.25, 0.3) is 0 Å². The van der Waals surface area contributed by atoms with Crippen LogP contribution in [0.15, 0.2) is 24.3 Å². The molecule has 0 heterocycles. The van der Waals surface area contributed by atoms with Crippen molar-refractivity contribution >= 4 is 5.91 Å². The van der Waals surface area contributed by atoms with E-state index in [2.05, 4.69) is 31.2 Å². The Labute approximate surface area is 110 Å². The van der Waals surface area contributed by atoms with E-state index in [1.165, 1.54) is 5.56 Å². The minimum atomic E-state index is -0.102. The van der Waals surface area contributed by atoms with Gasteiger partial charge in [0.25, 0.3) is 0 Å². The van der Waals surface area contributed by atoms with E-state index in [0.717, 1.165) is 18.4 Å². The van der Waals surface area contributed by atoms with Gasteiger partial charge in [0.15, 0.2) is 0 Å². The topological polar surface area (TPSA) is 46.3 Å². The van der Waals surface area contributed by atoms with Crippen molar-refractivity contribution in [2.45, 2.75) is 33.2 Å². The first-order chi connectivity index (χ1) is 8.58. The normalized spacial score (nSPS) is 12.2. The summed E-state index contributed by atoms with van der Waals surface area (Å²) in [6.45, 7) is 5.09. The Morgan fingerprint density at radius 2 is 1.83 bits per heavy atom. The highest BCUT2D eigenvalue weighted by Crippen LogP contribution is 2.10. The van der Waals surface area contributed by atoms with E-state index in [4.69, 9.17) is 5.73 Å². The van der Waals surface area contributed by atoms with Gasteiger partial charge in [0.1, 0.15) is 0 Å². The summed E-state index contributed by atoms with van der Waals surface area (Å²) in [6.07, 6.45) is 2.27. The molecule has 1 amide bonds. The predicted octanol–water partition coefficient (Wildman–Crippen LogP) is 2.19. The SMILES string of the molecule is CCCc1ccc(CN(C)C(=O)C(C)CN)cc1. The van der Waals surface area contributed by atoms with Crippen molar-refractivity contribution in [2.75, 3.05) is 13.6 Å². The van der Waals surface area contributed by atoms with Crippen molar-refractivity contribution in [3.63, 3.8) is 0 Å². The summed E-state index contributed by atoms with van der Waals surface area (Å²) in [7, 11) is 1.83. The highest BCUT2D eigenvalue weighted by atomic mass is 16.2. The molecule has 18 heavy (non-hydrogen) atoms. The third-order valence-corrected chi connectivity index (χ3v) is 3.13. The summed E-state index contributed by atoms with van der Waals surface area (Å²) in [5.74, 6) is 0.00417. The molecule has 0 bridgehead atoms. The number of rotatable bonds is 6. The van der Waals surface area contributed by atoms with E-state index in [1.807, 2.05) is 14.0 Å². The van der Waals surface area contributed by atoms with Gasteiger partial charge in [-0.05, 0) is 17.5 Å². The Kier molecular flexibility index (Phi) is 5.86. The molecule has 100 valence electrons. The molecular weight excluding hydrogens is 224 g/mol. The van der Waals surface area contributed by atoms with Crippen molar-refractivity contribution in [2.24, 2.45) is 11.7 Å². The lowest BCUT2D eigenvalue weighted by molar-refractivity contribution is -0.133. The maximum absolute atomic E-state index is 11.9. The van der Waals surface area contributed by atoms with E-state index >= 15 is 0 Å². The van der Waals surface area contributed by atoms with Crippen LogP contribution in [0.1, 0.15) is 31.4 Å². The summed E-state index contributed by atoms with van der Waals surface area (Å²) in [4.78, 5) is 13.6. The summed E-state index contributed by atoms with van der Waals surface area (Å²) in [5, 5.41) is 0. The highest BCUT2D eigenvalue weighted by Gasteiger charge is 2.15. The van der Waals surface area contributed by atoms with Crippen molar-refractivity contribution < 1.29 is 4.79 Å². The van der Waals surface area contributed by atoms with Crippen LogP contribution in [-0.4, -0.2) is 24.4 Å². The molecule has 0 saturated heterocycles. The van der Waals surface area contributed by atoms with Gasteiger partial charge in [-0.15, -0.1) is 0 Å². The first kappa shape index (κ1) is 14.7. The Morgan fingerprint density at radius 3 is 2.33 bits per heavy atom. The minimum Gasteiger partial charge on any atom is -0.341 e. The number of carbonyl (C=O) groups is 1. The number of aryl methyl sites for hydroxylation is 1. The zero-order chi connectivity index (χ0) is 13.5. The van der Waals surface area contributed by atoms with Crippen molar-refractivity contribution in [1.82, 2.24) is 4.90 Å². The Balaban J connectivity index is 2.59. The lowest BCUT2D eigenvalue weighted by atomic mass is 10.1. The summed E-state index contributed by atoms with van der Waals surface area (Å²) < 4.78 is 0. The van der Waals surface area contributed by atoms with Gasteiger partial charge < -0.3 is 10.6 Å². The quantitative estimate of drug-likeness (QED) is 0.839. The molecule has 0 aliphatic heterocycles. The predicted molar refractivity (Wildman–Crippen MR) is 75.1 cm³/mol. The smallest absolute Gasteiger partial charge is 0.226 e. The van der Waals surface area contributed by atoms with Crippen LogP contribution in [0.4, 0.5) is 0 Å². The van der Waals surface area contributed by atoms with E-state index in [0.29, 0.717) is 13.1 Å². The second kappa shape index (κ2) is 7.17. The van der Waals surface area contributed by atoms with Gasteiger partial charge in [0.05, 0.1) is 0 Å². The molecule has 1 atom stereocenters. The van der Waals surface area contributed by atoms with E-state index in [1.54, 1.807) is 4.90 Å². The van der Waals surface area contributed by atoms with Gasteiger partial charge in [-0.2, -0.15) is 0 Å². The minimum absolute atomic E-state index is 0.102. The molecule has 0 aliphatic rings. The molecule has 0 spiro atoms. The molecule has 3 heteroatoms. The summed E-state index contributed by atoms with van der Waals surface area (Å²) in [6, 6.07) is 8.48. The summed E-state index contributed by atoms with van der Waals surface area (Å²) in [5.41, 5.74) is 8.02. The van der Waals surface area contributed by atoms with Crippen molar-refractivity contribution in [1.29, 1.82) is 0 Å². The fourth-order valence-electron chi connectivity index (χ4n) is 1.93. The van der Waals surface area contributed by atoms with Gasteiger partial charge in [0, 0.05) is 26.1 Å². The third kappa shape index (κ3) is 4.15. The molecular formula is C15H24N2O. The average molecular weight is 248 g/mol. The molecule has 0 aromatic heterocycles. The van der Waals surface area contributed by atoms with Crippen LogP contribution >= 0.6 is 0 Å². The Bertz CT molecular complexity index is 373. The lowest BCUT2D eigenvalue weighted by Gasteiger charge is -2.20. The van der Waals surface area contributed by atoms with Gasteiger partial charge in [0.2, 0.25) is 5.91 Å². The van der Waals surface area contributed by atoms with Crippen LogP contribution in [-0.2, 0) is 17.8 Å². The number of hydrogen-bond donors (Lipinski definition) is 1. The first-order valence-corrected chi connectivity index (χ1v) is 6.61. The van der Waals surface area contributed by atoms with E-state index in [9.17, 15) is 4.79 Å². The molecule has 0 saturated carbocycles. The lowest BCUT2D eigenvalue weighted by Crippen LogP contribution is -2.34. The second-order valence-electron chi connectivity index (χ2n) is 4.90. The molecule has 0 aliphatic carbocycles. The Hall–Kier alpha value is -1.35. The second-order valence-corrected chi connectivity index (χ2v) is 4.90. The number of amides is 1. The fraction of sp³-hybridized carbons (Fsp3) is 0.533. The van der Waals surface area contributed by atoms with Crippen molar-refractivity contribution in [3.8, 4) is 0 Å². The Morgan fingerprint density at radius 1 is 1.28 bits per heavy atom. The molecule has 2 N–H and O–H groups in total. The zero-order valence-corrected chi connectivity index (χ0v) is 11.6. The van der Waals surface area contributed by atoms with Gasteiger partial charge in [-0.3, -0.25) is 4.79 Å².